The molecule has 0 saturated carbocycles. The molecule has 0 aliphatic carbocycles. The summed E-state index contributed by atoms with van der Waals surface area (Å²) in [5.41, 5.74) is 2.91. The van der Waals surface area contributed by atoms with Gasteiger partial charge in [-0.15, -0.1) is 0 Å². The number of carboxylic acid groups (broad SMARTS) is 1. The summed E-state index contributed by atoms with van der Waals surface area (Å²) in [6, 6.07) is 15.2. The van der Waals surface area contributed by atoms with Crippen LogP contribution in [0.25, 0.3) is 0 Å². The van der Waals surface area contributed by atoms with Crippen molar-refractivity contribution in [3.8, 4) is 5.75 Å². The molecule has 0 aromatic heterocycles. The number of hydrogen-bond acceptors (Lipinski definition) is 3. The van der Waals surface area contributed by atoms with Crippen LogP contribution in [0, 0.1) is 0 Å². The molecule has 2 aromatic carbocycles. The van der Waals surface area contributed by atoms with Crippen LogP contribution in [0.4, 0.5) is 0 Å². The zero-order valence-corrected chi connectivity index (χ0v) is 14.0. The molecule has 25 heavy (non-hydrogen) atoms. The molecule has 0 atom stereocenters. The average molecular weight is 339 g/mol. The van der Waals surface area contributed by atoms with Gasteiger partial charge < -0.3 is 14.7 Å². The summed E-state index contributed by atoms with van der Waals surface area (Å²) in [6.45, 7) is 0.719. The second-order valence-corrected chi connectivity index (χ2v) is 6.20. The minimum atomic E-state index is -1.01. The minimum Gasteiger partial charge on any atom is -0.493 e. The molecule has 2 aromatic rings. The fraction of sp³-hybridized carbons (Fsp3) is 0.300. The molecule has 0 saturated heterocycles. The summed E-state index contributed by atoms with van der Waals surface area (Å²) < 4.78 is 5.59. The van der Waals surface area contributed by atoms with Crippen molar-refractivity contribution >= 4 is 11.9 Å². The van der Waals surface area contributed by atoms with Crippen LogP contribution in [0.15, 0.2) is 48.5 Å². The zero-order valence-electron chi connectivity index (χ0n) is 14.0. The number of carboxylic acids is 1. The number of amides is 1. The van der Waals surface area contributed by atoms with Gasteiger partial charge in [-0.3, -0.25) is 9.59 Å². The molecule has 5 heteroatoms. The number of fused-ring (bicyclic) bond motifs is 1. The van der Waals surface area contributed by atoms with Gasteiger partial charge in [0.25, 0.3) is 0 Å². The van der Waals surface area contributed by atoms with E-state index < -0.39 is 5.97 Å². The normalized spacial score (nSPS) is 12.8. The Kier molecular flexibility index (Phi) is 5.33. The second-order valence-electron chi connectivity index (χ2n) is 6.20. The third-order valence-corrected chi connectivity index (χ3v) is 4.22. The van der Waals surface area contributed by atoms with Gasteiger partial charge in [-0.25, -0.2) is 0 Å². The Bertz CT molecular complexity index is 758. The number of rotatable bonds is 6. The molecule has 0 bridgehead atoms. The van der Waals surface area contributed by atoms with Crippen molar-refractivity contribution in [1.82, 2.24) is 4.90 Å². The van der Waals surface area contributed by atoms with Crippen LogP contribution in [-0.2, 0) is 29.0 Å². The molecule has 1 N–H and O–H groups in total. The first-order valence-electron chi connectivity index (χ1n) is 8.40. The smallest absolute Gasteiger partial charge is 0.323 e. The molecule has 1 amide bonds. The highest BCUT2D eigenvalue weighted by atomic mass is 16.5. The molecule has 1 aliphatic rings. The van der Waals surface area contributed by atoms with E-state index in [0.29, 0.717) is 6.54 Å². The Morgan fingerprint density at radius 1 is 1.08 bits per heavy atom. The lowest BCUT2D eigenvalue weighted by Gasteiger charge is -2.22. The van der Waals surface area contributed by atoms with Gasteiger partial charge in [-0.05, 0) is 35.6 Å². The van der Waals surface area contributed by atoms with Crippen LogP contribution in [0.3, 0.4) is 0 Å². The van der Waals surface area contributed by atoms with Crippen molar-refractivity contribution in [2.45, 2.75) is 25.8 Å². The van der Waals surface area contributed by atoms with Crippen LogP contribution in [0.2, 0.25) is 0 Å². The van der Waals surface area contributed by atoms with Crippen LogP contribution < -0.4 is 4.74 Å². The first-order valence-corrected chi connectivity index (χ1v) is 8.40. The summed E-state index contributed by atoms with van der Waals surface area (Å²) >= 11 is 0. The van der Waals surface area contributed by atoms with E-state index in [1.807, 2.05) is 48.5 Å². The predicted molar refractivity (Wildman–Crippen MR) is 93.5 cm³/mol. The number of benzene rings is 2. The largest absolute Gasteiger partial charge is 0.493 e. The molecule has 3 rings (SSSR count). The van der Waals surface area contributed by atoms with Gasteiger partial charge in [0, 0.05) is 6.54 Å². The number of carbonyl (C=O) groups excluding carboxylic acids is 1. The van der Waals surface area contributed by atoms with E-state index in [9.17, 15) is 9.59 Å². The van der Waals surface area contributed by atoms with Crippen molar-refractivity contribution in [1.29, 1.82) is 0 Å². The van der Waals surface area contributed by atoms with E-state index in [-0.39, 0.29) is 18.9 Å². The zero-order chi connectivity index (χ0) is 17.6. The van der Waals surface area contributed by atoms with E-state index in [2.05, 4.69) is 0 Å². The number of hydrogen-bond donors (Lipinski definition) is 1. The Hall–Kier alpha value is -2.82. The first kappa shape index (κ1) is 17.0. The van der Waals surface area contributed by atoms with Gasteiger partial charge in [0.05, 0.1) is 13.0 Å². The van der Waals surface area contributed by atoms with Gasteiger partial charge in [-0.1, -0.05) is 42.5 Å². The van der Waals surface area contributed by atoms with Gasteiger partial charge in [0.1, 0.15) is 12.3 Å². The van der Waals surface area contributed by atoms with Gasteiger partial charge >= 0.3 is 5.97 Å². The lowest BCUT2D eigenvalue weighted by atomic mass is 10.0. The van der Waals surface area contributed by atoms with Crippen LogP contribution in [0.5, 0.6) is 5.75 Å². The van der Waals surface area contributed by atoms with Crippen LogP contribution >= 0.6 is 0 Å². The fourth-order valence-electron chi connectivity index (χ4n) is 3.01. The Labute approximate surface area is 146 Å². The van der Waals surface area contributed by atoms with Crippen molar-refractivity contribution in [3.05, 3.63) is 65.2 Å². The molecular formula is C20H21NO4. The lowest BCUT2D eigenvalue weighted by molar-refractivity contribution is -0.144. The third kappa shape index (κ3) is 4.59. The summed E-state index contributed by atoms with van der Waals surface area (Å²) in [5.74, 6) is -0.319. The molecule has 0 spiro atoms. The van der Waals surface area contributed by atoms with E-state index in [0.717, 1.165) is 41.9 Å². The minimum absolute atomic E-state index is 0.188. The molecule has 0 radical (unpaired) electrons. The van der Waals surface area contributed by atoms with Gasteiger partial charge in [0.2, 0.25) is 5.91 Å². The average Bonchev–Trinajstić information content (AvgIpc) is 2.61. The Morgan fingerprint density at radius 3 is 2.64 bits per heavy atom. The number of carbonyl (C=O) groups is 2. The molecule has 5 nitrogen and oxygen atoms in total. The third-order valence-electron chi connectivity index (χ3n) is 4.22. The van der Waals surface area contributed by atoms with Crippen molar-refractivity contribution in [3.63, 3.8) is 0 Å². The van der Waals surface area contributed by atoms with Crippen molar-refractivity contribution in [2.24, 2.45) is 0 Å². The van der Waals surface area contributed by atoms with Crippen LogP contribution in [0.1, 0.15) is 23.1 Å². The first-order chi connectivity index (χ1) is 12.1. The molecule has 130 valence electrons. The number of aryl methyl sites for hydroxylation is 1. The fourth-order valence-corrected chi connectivity index (χ4v) is 3.01. The highest BCUT2D eigenvalue weighted by Crippen LogP contribution is 2.26. The number of ether oxygens (including phenoxy) is 1. The second kappa shape index (κ2) is 7.83. The van der Waals surface area contributed by atoms with Crippen molar-refractivity contribution < 1.29 is 19.4 Å². The standard InChI is InChI=1S/C20H21NO4/c22-19(12-16-8-9-18-17(11-16)7-4-10-25-18)21(14-20(23)24)13-15-5-2-1-3-6-15/h1-3,5-6,8-9,11H,4,7,10,12-14H2,(H,23,24). The summed E-state index contributed by atoms with van der Waals surface area (Å²) in [5, 5.41) is 9.12. The number of nitrogens with zero attached hydrogens (tertiary/aromatic N) is 1. The predicted octanol–water partition coefficient (Wildman–Crippen LogP) is 2.67. The molecule has 0 unspecified atom stereocenters. The molecule has 1 aliphatic heterocycles. The Balaban J connectivity index is 1.72. The molecule has 1 heterocycles. The maximum Gasteiger partial charge on any atom is 0.323 e. The summed E-state index contributed by atoms with van der Waals surface area (Å²) in [7, 11) is 0. The van der Waals surface area contributed by atoms with Gasteiger partial charge in [0.15, 0.2) is 0 Å². The lowest BCUT2D eigenvalue weighted by Crippen LogP contribution is -2.36. The summed E-state index contributed by atoms with van der Waals surface area (Å²) in [4.78, 5) is 25.2. The van der Waals surface area contributed by atoms with E-state index in [1.165, 1.54) is 4.90 Å². The maximum absolute atomic E-state index is 12.7. The Morgan fingerprint density at radius 2 is 1.88 bits per heavy atom. The molecular weight excluding hydrogens is 318 g/mol. The van der Waals surface area contributed by atoms with Crippen LogP contribution in [-0.4, -0.2) is 35.0 Å². The van der Waals surface area contributed by atoms with E-state index >= 15 is 0 Å². The quantitative estimate of drug-likeness (QED) is 0.879. The topological polar surface area (TPSA) is 66.8 Å². The number of aliphatic carboxylic acids is 1. The van der Waals surface area contributed by atoms with Gasteiger partial charge in [-0.2, -0.15) is 0 Å². The van der Waals surface area contributed by atoms with E-state index in [1.54, 1.807) is 0 Å². The highest BCUT2D eigenvalue weighted by Gasteiger charge is 2.19. The highest BCUT2D eigenvalue weighted by molar-refractivity contribution is 5.83. The summed E-state index contributed by atoms with van der Waals surface area (Å²) in [6.07, 6.45) is 2.11. The monoisotopic (exact) mass is 339 g/mol. The van der Waals surface area contributed by atoms with E-state index in [4.69, 9.17) is 9.84 Å². The van der Waals surface area contributed by atoms with Crippen molar-refractivity contribution in [2.75, 3.05) is 13.2 Å². The SMILES string of the molecule is O=C(O)CN(Cc1ccccc1)C(=O)Cc1ccc2c(c1)CCCO2. The maximum atomic E-state index is 12.7. The molecule has 0 fully saturated rings.